The third kappa shape index (κ3) is 4.37. The Morgan fingerprint density at radius 2 is 2.07 bits per heavy atom. The first-order valence-corrected chi connectivity index (χ1v) is 10.7. The number of benzene rings is 1. The van der Waals surface area contributed by atoms with Gasteiger partial charge in [-0.15, -0.1) is 11.3 Å². The summed E-state index contributed by atoms with van der Waals surface area (Å²) in [6, 6.07) is 13.6. The van der Waals surface area contributed by atoms with Crippen molar-refractivity contribution < 1.29 is 0 Å². The van der Waals surface area contributed by atoms with Crippen LogP contribution in [0, 0.1) is 0 Å². The zero-order chi connectivity index (χ0) is 20.1. The molecule has 28 heavy (non-hydrogen) atoms. The second kappa shape index (κ2) is 9.22. The number of aromatic nitrogens is 1. The number of para-hydroxylation sites is 1. The molecule has 2 atom stereocenters. The van der Waals surface area contributed by atoms with Gasteiger partial charge in [0.2, 0.25) is 0 Å². The van der Waals surface area contributed by atoms with Crippen molar-refractivity contribution in [1.29, 1.82) is 0 Å². The van der Waals surface area contributed by atoms with Crippen LogP contribution in [0.4, 0.5) is 0 Å². The Morgan fingerprint density at radius 3 is 2.75 bits per heavy atom. The second-order valence-electron chi connectivity index (χ2n) is 7.20. The average Bonchev–Trinajstić information content (AvgIpc) is 3.40. The van der Waals surface area contributed by atoms with Crippen molar-refractivity contribution in [2.24, 2.45) is 10.7 Å². The van der Waals surface area contributed by atoms with Crippen LogP contribution in [-0.2, 0) is 0 Å². The second-order valence-corrected chi connectivity index (χ2v) is 8.15. The first-order chi connectivity index (χ1) is 13.5. The van der Waals surface area contributed by atoms with E-state index in [0.29, 0.717) is 17.9 Å². The molecule has 0 bridgehead atoms. The molecule has 5 heteroatoms. The van der Waals surface area contributed by atoms with Gasteiger partial charge in [0.25, 0.3) is 0 Å². The summed E-state index contributed by atoms with van der Waals surface area (Å²) >= 11 is 1.60. The molecule has 2 aromatic heterocycles. The zero-order valence-electron chi connectivity index (χ0n) is 17.1. The molecule has 0 aliphatic carbocycles. The van der Waals surface area contributed by atoms with E-state index in [1.54, 1.807) is 18.4 Å². The van der Waals surface area contributed by atoms with Crippen LogP contribution in [0.15, 0.2) is 59.0 Å². The first kappa shape index (κ1) is 20.4. The quantitative estimate of drug-likeness (QED) is 0.477. The first-order valence-electron chi connectivity index (χ1n) is 9.80. The molecule has 1 aliphatic heterocycles. The van der Waals surface area contributed by atoms with Gasteiger partial charge in [-0.1, -0.05) is 37.3 Å². The minimum atomic E-state index is 0.516. The van der Waals surface area contributed by atoms with Gasteiger partial charge in [-0.05, 0) is 49.9 Å². The summed E-state index contributed by atoms with van der Waals surface area (Å²) in [7, 11) is 3.93. The lowest BCUT2D eigenvalue weighted by atomic mass is 9.90. The van der Waals surface area contributed by atoms with Gasteiger partial charge < -0.3 is 10.7 Å². The molecule has 3 N–H and O–H groups in total. The minimum absolute atomic E-state index is 0.516. The molecule has 148 valence electrons. The topological polar surface area (TPSA) is 57.4 Å². The monoisotopic (exact) mass is 394 g/mol. The van der Waals surface area contributed by atoms with Crippen molar-refractivity contribution in [2.45, 2.75) is 38.8 Å². The fourth-order valence-corrected chi connectivity index (χ4v) is 4.38. The van der Waals surface area contributed by atoms with Crippen LogP contribution < -0.4 is 5.73 Å². The minimum Gasteiger partial charge on any atom is -0.383 e. The number of nitrogens with one attached hydrogen (secondary N) is 1. The summed E-state index contributed by atoms with van der Waals surface area (Å²) in [6.45, 7) is 4.57. The van der Waals surface area contributed by atoms with E-state index in [4.69, 9.17) is 5.73 Å². The number of hydrogen-bond acceptors (Lipinski definition) is 3. The number of fused-ring (bicyclic) bond motifs is 1. The van der Waals surface area contributed by atoms with E-state index in [2.05, 4.69) is 72.3 Å². The molecule has 1 aliphatic rings. The van der Waals surface area contributed by atoms with E-state index < -0.39 is 0 Å². The number of amidine groups is 1. The maximum Gasteiger partial charge on any atom is 0.135 e. The molecule has 1 aromatic carbocycles. The molecule has 3 aromatic rings. The van der Waals surface area contributed by atoms with Gasteiger partial charge in [0, 0.05) is 41.8 Å². The van der Waals surface area contributed by atoms with Crippen LogP contribution in [0.1, 0.15) is 37.1 Å². The van der Waals surface area contributed by atoms with E-state index in [0.717, 1.165) is 11.3 Å². The summed E-state index contributed by atoms with van der Waals surface area (Å²) in [5.41, 5.74) is 9.61. The predicted octanol–water partition coefficient (Wildman–Crippen LogP) is 5.14. The Labute approximate surface area is 171 Å². The average molecular weight is 395 g/mol. The smallest absolute Gasteiger partial charge is 0.135 e. The number of nitrogens with zero attached hydrogens (tertiary/aromatic N) is 2. The third-order valence-electron chi connectivity index (χ3n) is 5.54. The molecule has 0 radical (unpaired) electrons. The Kier molecular flexibility index (Phi) is 6.70. The Bertz CT molecular complexity index is 952. The molecule has 0 saturated carbocycles. The number of likely N-dealkylation sites (N-methyl/N-ethyl adjacent to an activating group) is 1. The number of aliphatic imine (C=N–C) groups is 1. The predicted molar refractivity (Wildman–Crippen MR) is 123 cm³/mol. The van der Waals surface area contributed by atoms with Crippen LogP contribution in [0.5, 0.6) is 0 Å². The Morgan fingerprint density at radius 1 is 1.29 bits per heavy atom. The van der Waals surface area contributed by atoms with Gasteiger partial charge in [0.05, 0.1) is 4.88 Å². The van der Waals surface area contributed by atoms with E-state index in [1.165, 1.54) is 28.5 Å². The van der Waals surface area contributed by atoms with E-state index in [9.17, 15) is 0 Å². The van der Waals surface area contributed by atoms with Gasteiger partial charge in [0.1, 0.15) is 5.84 Å². The van der Waals surface area contributed by atoms with Gasteiger partial charge in [-0.3, -0.25) is 9.89 Å². The highest BCUT2D eigenvalue weighted by atomic mass is 32.1. The lowest BCUT2D eigenvalue weighted by Gasteiger charge is -2.36. The van der Waals surface area contributed by atoms with Gasteiger partial charge in [-0.2, -0.15) is 0 Å². The molecular formula is C23H30N4S. The maximum absolute atomic E-state index is 5.50. The summed E-state index contributed by atoms with van der Waals surface area (Å²) in [5.74, 6) is 0.616. The standard InChI is InChI=1S/C17H22N2.C6H8N2S/c1-4-14-10-13(9-12(2)19(14)3)16-11-18-17-8-6-5-7-15(16)17;1-8-6(7)5-3-2-4-9-5/h5-9,11-12,14,18H,4,10H2,1-3H3;2-4H,1H3,(H2,7,8). The van der Waals surface area contributed by atoms with Gasteiger partial charge >= 0.3 is 0 Å². The van der Waals surface area contributed by atoms with Crippen LogP contribution in [-0.4, -0.2) is 41.9 Å². The largest absolute Gasteiger partial charge is 0.383 e. The molecule has 0 amide bonds. The molecule has 4 rings (SSSR count). The number of thiophene rings is 1. The summed E-state index contributed by atoms with van der Waals surface area (Å²) < 4.78 is 0. The Hall–Kier alpha value is -2.37. The fraction of sp³-hybridized carbons (Fsp3) is 0.348. The summed E-state index contributed by atoms with van der Waals surface area (Å²) in [6.07, 6.45) is 6.95. The highest BCUT2D eigenvalue weighted by Gasteiger charge is 2.25. The number of aromatic amines is 1. The normalized spacial score (nSPS) is 20.6. The molecule has 3 heterocycles. The third-order valence-corrected chi connectivity index (χ3v) is 6.43. The van der Waals surface area contributed by atoms with Crippen molar-refractivity contribution in [3.63, 3.8) is 0 Å². The highest BCUT2D eigenvalue weighted by Crippen LogP contribution is 2.33. The molecular weight excluding hydrogens is 364 g/mol. The zero-order valence-corrected chi connectivity index (χ0v) is 18.0. The SMILES string of the molecule is CCC1CC(c2c[nH]c3ccccc23)=CC(C)N1C.CN=C(N)c1cccs1. The fourth-order valence-electron chi connectivity index (χ4n) is 3.71. The molecule has 0 saturated heterocycles. The van der Waals surface area contributed by atoms with E-state index in [1.807, 2.05) is 17.5 Å². The number of nitrogens with two attached hydrogens (primary N) is 1. The van der Waals surface area contributed by atoms with E-state index >= 15 is 0 Å². The number of H-pyrrole nitrogens is 1. The Balaban J connectivity index is 0.000000211. The lowest BCUT2D eigenvalue weighted by molar-refractivity contribution is 0.200. The molecule has 4 nitrogen and oxygen atoms in total. The van der Waals surface area contributed by atoms with Crippen LogP contribution in [0.2, 0.25) is 0 Å². The van der Waals surface area contributed by atoms with Crippen molar-refractivity contribution in [3.8, 4) is 0 Å². The molecule has 0 spiro atoms. The molecule has 0 fully saturated rings. The summed E-state index contributed by atoms with van der Waals surface area (Å²) in [5, 5.41) is 3.33. The van der Waals surface area contributed by atoms with E-state index in [-0.39, 0.29) is 0 Å². The van der Waals surface area contributed by atoms with Crippen molar-refractivity contribution >= 4 is 33.6 Å². The van der Waals surface area contributed by atoms with Gasteiger partial charge in [0.15, 0.2) is 0 Å². The van der Waals surface area contributed by atoms with Crippen molar-refractivity contribution in [1.82, 2.24) is 9.88 Å². The maximum atomic E-state index is 5.50. The lowest BCUT2D eigenvalue weighted by Crippen LogP contribution is -2.40. The number of hydrogen-bond donors (Lipinski definition) is 2. The highest BCUT2D eigenvalue weighted by molar-refractivity contribution is 7.12. The van der Waals surface area contributed by atoms with Crippen molar-refractivity contribution in [3.05, 3.63) is 64.5 Å². The van der Waals surface area contributed by atoms with Gasteiger partial charge in [-0.25, -0.2) is 0 Å². The van der Waals surface area contributed by atoms with Crippen molar-refractivity contribution in [2.75, 3.05) is 14.1 Å². The van der Waals surface area contributed by atoms with Crippen LogP contribution in [0.3, 0.4) is 0 Å². The molecule has 2 unspecified atom stereocenters. The number of rotatable bonds is 3. The van der Waals surface area contributed by atoms with Crippen LogP contribution >= 0.6 is 11.3 Å². The van der Waals surface area contributed by atoms with Crippen LogP contribution in [0.25, 0.3) is 16.5 Å². The summed E-state index contributed by atoms with van der Waals surface area (Å²) in [4.78, 5) is 10.7.